The number of allylic oxidation sites excluding steroid dienone is 12. The van der Waals surface area contributed by atoms with Crippen LogP contribution in [-0.2, 0) is 23.8 Å². The van der Waals surface area contributed by atoms with E-state index >= 15 is 0 Å². The maximum Gasteiger partial charge on any atom is 0.306 e. The second kappa shape index (κ2) is 44.7. The van der Waals surface area contributed by atoms with Crippen LogP contribution in [0.5, 0.6) is 0 Å². The summed E-state index contributed by atoms with van der Waals surface area (Å²) < 4.78 is 17.2. The average Bonchev–Trinajstić information content (AvgIpc) is 3.17. The maximum absolute atomic E-state index is 12.7. The monoisotopic (exact) mass is 753 g/mol. The molecule has 0 aromatic carbocycles. The molecule has 0 heterocycles. The smallest absolute Gasteiger partial charge is 0.306 e. The number of rotatable bonds is 40. The number of carbonyl (C=O) groups excluding carboxylic acids is 2. The molecule has 0 aliphatic rings. The summed E-state index contributed by atoms with van der Waals surface area (Å²) in [6, 6.07) is 0. The lowest BCUT2D eigenvalue weighted by atomic mass is 10.1. The molecule has 0 amide bonds. The van der Waals surface area contributed by atoms with Crippen molar-refractivity contribution in [3.63, 3.8) is 0 Å². The number of esters is 2. The molecule has 1 unspecified atom stereocenters. The summed E-state index contributed by atoms with van der Waals surface area (Å²) >= 11 is 0. The van der Waals surface area contributed by atoms with E-state index in [1.165, 1.54) is 70.6 Å². The molecule has 5 nitrogen and oxygen atoms in total. The molecule has 0 fully saturated rings. The Bertz CT molecular complexity index is 988. The number of hydrogen-bond acceptors (Lipinski definition) is 5. The minimum Gasteiger partial charge on any atom is -0.462 e. The molecule has 310 valence electrons. The number of carbonyl (C=O) groups is 2. The molecule has 0 radical (unpaired) electrons. The van der Waals surface area contributed by atoms with Gasteiger partial charge in [0.25, 0.3) is 0 Å². The van der Waals surface area contributed by atoms with Gasteiger partial charge < -0.3 is 14.2 Å². The second-order valence-electron chi connectivity index (χ2n) is 14.6. The lowest BCUT2D eigenvalue weighted by Gasteiger charge is -2.18. The van der Waals surface area contributed by atoms with E-state index in [2.05, 4.69) is 93.7 Å². The Labute approximate surface area is 334 Å². The summed E-state index contributed by atoms with van der Waals surface area (Å²) in [6.07, 6.45) is 56.2. The van der Waals surface area contributed by atoms with Gasteiger partial charge in [0.15, 0.2) is 6.10 Å². The molecule has 0 aliphatic carbocycles. The molecule has 0 spiro atoms. The van der Waals surface area contributed by atoms with Crippen LogP contribution >= 0.6 is 0 Å². The summed E-state index contributed by atoms with van der Waals surface area (Å²) in [4.78, 5) is 25.1. The fourth-order valence-corrected chi connectivity index (χ4v) is 5.89. The van der Waals surface area contributed by atoms with E-state index in [0.29, 0.717) is 19.4 Å². The Morgan fingerprint density at radius 1 is 0.426 bits per heavy atom. The Hall–Kier alpha value is -2.66. The van der Waals surface area contributed by atoms with Crippen molar-refractivity contribution in [2.45, 2.75) is 207 Å². The van der Waals surface area contributed by atoms with Crippen molar-refractivity contribution < 1.29 is 23.8 Å². The topological polar surface area (TPSA) is 61.8 Å². The number of hydrogen-bond donors (Lipinski definition) is 0. The van der Waals surface area contributed by atoms with Gasteiger partial charge in [-0.25, -0.2) is 0 Å². The first-order chi connectivity index (χ1) is 26.6. The summed E-state index contributed by atoms with van der Waals surface area (Å²) in [5.41, 5.74) is 0. The Kier molecular flexibility index (Phi) is 42.5. The fourth-order valence-electron chi connectivity index (χ4n) is 5.89. The lowest BCUT2D eigenvalue weighted by Crippen LogP contribution is -2.30. The van der Waals surface area contributed by atoms with Crippen LogP contribution in [0, 0.1) is 0 Å². The SMILES string of the molecule is CC/C=C\C/C=C\C/C=C\C/C=C\CCCCCCCCC(=O)OCC(COCCCCCCCC)OC(=O)CCCCCCC/C=C\C/C=C\CCC. The molecule has 54 heavy (non-hydrogen) atoms. The first-order valence-corrected chi connectivity index (χ1v) is 22.5. The lowest BCUT2D eigenvalue weighted by molar-refractivity contribution is -0.163. The zero-order valence-corrected chi connectivity index (χ0v) is 35.5. The maximum atomic E-state index is 12.7. The molecule has 0 saturated heterocycles. The van der Waals surface area contributed by atoms with Crippen molar-refractivity contribution in [3.8, 4) is 0 Å². The minimum atomic E-state index is -0.546. The highest BCUT2D eigenvalue weighted by Gasteiger charge is 2.17. The van der Waals surface area contributed by atoms with Gasteiger partial charge in [-0.15, -0.1) is 0 Å². The third kappa shape index (κ3) is 42.1. The van der Waals surface area contributed by atoms with Crippen LogP contribution in [-0.4, -0.2) is 37.9 Å². The van der Waals surface area contributed by atoms with E-state index in [-0.39, 0.29) is 25.2 Å². The highest BCUT2D eigenvalue weighted by molar-refractivity contribution is 5.70. The van der Waals surface area contributed by atoms with E-state index in [0.717, 1.165) is 96.3 Å². The Morgan fingerprint density at radius 2 is 0.870 bits per heavy atom. The van der Waals surface area contributed by atoms with Crippen LogP contribution in [0.4, 0.5) is 0 Å². The summed E-state index contributed by atoms with van der Waals surface area (Å²) in [5.74, 6) is -0.436. The van der Waals surface area contributed by atoms with Gasteiger partial charge in [-0.3, -0.25) is 9.59 Å². The van der Waals surface area contributed by atoms with Gasteiger partial charge in [-0.2, -0.15) is 0 Å². The Balaban J connectivity index is 4.15. The van der Waals surface area contributed by atoms with Crippen molar-refractivity contribution in [1.29, 1.82) is 0 Å². The van der Waals surface area contributed by atoms with Gasteiger partial charge in [0.2, 0.25) is 0 Å². The largest absolute Gasteiger partial charge is 0.462 e. The standard InChI is InChI=1S/C49H84O5/c1-4-7-10-13-16-18-20-22-23-24-25-26-27-29-30-32-34-36-39-42-48(50)53-46-47(45-52-44-41-38-15-12-9-6-3)54-49(51)43-40-37-35-33-31-28-21-19-17-14-11-8-5-2/h7,10-11,14,16,18-19,21-23,25-26,47H,4-6,8-9,12-13,15,17,20,24,27-46H2,1-3H3/b10-7-,14-11-,18-16-,21-19-,23-22-,26-25-. The van der Waals surface area contributed by atoms with Crippen LogP contribution in [0.25, 0.3) is 0 Å². The molecule has 0 rings (SSSR count). The third-order valence-corrected chi connectivity index (χ3v) is 9.21. The van der Waals surface area contributed by atoms with Crippen LogP contribution in [0.1, 0.15) is 201 Å². The molecule has 5 heteroatoms. The zero-order chi connectivity index (χ0) is 39.3. The van der Waals surface area contributed by atoms with Crippen LogP contribution in [0.15, 0.2) is 72.9 Å². The molecular formula is C49H84O5. The van der Waals surface area contributed by atoms with E-state index in [9.17, 15) is 9.59 Å². The zero-order valence-electron chi connectivity index (χ0n) is 35.5. The predicted octanol–water partition coefficient (Wildman–Crippen LogP) is 14.8. The van der Waals surface area contributed by atoms with Crippen molar-refractivity contribution in [1.82, 2.24) is 0 Å². The molecule has 1 atom stereocenters. The van der Waals surface area contributed by atoms with E-state index < -0.39 is 6.10 Å². The predicted molar refractivity (Wildman–Crippen MR) is 233 cm³/mol. The Morgan fingerprint density at radius 3 is 1.41 bits per heavy atom. The van der Waals surface area contributed by atoms with Gasteiger partial charge in [0.1, 0.15) is 6.61 Å². The molecule has 0 bridgehead atoms. The van der Waals surface area contributed by atoms with Gasteiger partial charge in [0.05, 0.1) is 6.61 Å². The summed E-state index contributed by atoms with van der Waals surface area (Å²) in [7, 11) is 0. The highest BCUT2D eigenvalue weighted by Crippen LogP contribution is 2.12. The first-order valence-electron chi connectivity index (χ1n) is 22.5. The number of unbranched alkanes of at least 4 members (excludes halogenated alkanes) is 17. The number of ether oxygens (including phenoxy) is 3. The molecule has 0 saturated carbocycles. The van der Waals surface area contributed by atoms with Crippen LogP contribution < -0.4 is 0 Å². The van der Waals surface area contributed by atoms with E-state index in [1.54, 1.807) is 0 Å². The van der Waals surface area contributed by atoms with Gasteiger partial charge in [0, 0.05) is 19.4 Å². The van der Waals surface area contributed by atoms with Crippen LogP contribution in [0.2, 0.25) is 0 Å². The van der Waals surface area contributed by atoms with Crippen LogP contribution in [0.3, 0.4) is 0 Å². The fraction of sp³-hybridized carbons (Fsp3) is 0.714. The van der Waals surface area contributed by atoms with Crippen molar-refractivity contribution >= 4 is 11.9 Å². The average molecular weight is 753 g/mol. The normalized spacial score (nSPS) is 12.9. The minimum absolute atomic E-state index is 0.0697. The third-order valence-electron chi connectivity index (χ3n) is 9.21. The van der Waals surface area contributed by atoms with Gasteiger partial charge in [-0.05, 0) is 83.5 Å². The highest BCUT2D eigenvalue weighted by atomic mass is 16.6. The summed E-state index contributed by atoms with van der Waals surface area (Å²) in [5, 5.41) is 0. The van der Waals surface area contributed by atoms with E-state index in [4.69, 9.17) is 14.2 Å². The molecule has 0 aromatic rings. The first kappa shape index (κ1) is 51.3. The molecule has 0 N–H and O–H groups in total. The van der Waals surface area contributed by atoms with Gasteiger partial charge >= 0.3 is 11.9 Å². The molecular weight excluding hydrogens is 669 g/mol. The summed E-state index contributed by atoms with van der Waals surface area (Å²) in [6.45, 7) is 7.57. The second-order valence-corrected chi connectivity index (χ2v) is 14.6. The quantitative estimate of drug-likeness (QED) is 0.0354. The van der Waals surface area contributed by atoms with Crippen molar-refractivity contribution in [2.75, 3.05) is 19.8 Å². The molecule has 0 aliphatic heterocycles. The van der Waals surface area contributed by atoms with Gasteiger partial charge in [-0.1, -0.05) is 177 Å². The van der Waals surface area contributed by atoms with E-state index in [1.807, 2.05) is 0 Å². The van der Waals surface area contributed by atoms with Crippen molar-refractivity contribution in [3.05, 3.63) is 72.9 Å². The van der Waals surface area contributed by atoms with Crippen molar-refractivity contribution in [2.24, 2.45) is 0 Å². The molecule has 0 aromatic heterocycles.